The molecule has 0 aliphatic carbocycles. The minimum absolute atomic E-state index is 0.118. The van der Waals surface area contributed by atoms with Crippen LogP contribution in [0.5, 0.6) is 0 Å². The summed E-state index contributed by atoms with van der Waals surface area (Å²) >= 11 is 0. The highest BCUT2D eigenvalue weighted by Crippen LogP contribution is 2.02. The van der Waals surface area contributed by atoms with E-state index < -0.39 is 0 Å². The standard InChI is InChI=1S/C8H17N3O/c1-8(2,9)5-11-7(12)6-3-10-4-6/h6,10H,3-5,9H2,1-2H3,(H,11,12). The Morgan fingerprint density at radius 1 is 1.67 bits per heavy atom. The fraction of sp³-hybridized carbons (Fsp3) is 0.875. The van der Waals surface area contributed by atoms with E-state index >= 15 is 0 Å². The number of nitrogens with one attached hydrogen (secondary N) is 2. The van der Waals surface area contributed by atoms with Gasteiger partial charge in [0.15, 0.2) is 0 Å². The molecule has 1 amide bonds. The van der Waals surface area contributed by atoms with E-state index in [2.05, 4.69) is 10.6 Å². The lowest BCUT2D eigenvalue weighted by Gasteiger charge is -2.27. The van der Waals surface area contributed by atoms with Gasteiger partial charge < -0.3 is 16.4 Å². The summed E-state index contributed by atoms with van der Waals surface area (Å²) in [6, 6.07) is 0. The van der Waals surface area contributed by atoms with E-state index in [-0.39, 0.29) is 17.4 Å². The van der Waals surface area contributed by atoms with E-state index in [0.29, 0.717) is 6.54 Å². The van der Waals surface area contributed by atoms with Crippen molar-refractivity contribution in [2.75, 3.05) is 19.6 Å². The average molecular weight is 171 g/mol. The zero-order valence-electron chi connectivity index (χ0n) is 7.68. The molecule has 1 saturated heterocycles. The molecule has 0 radical (unpaired) electrons. The molecule has 0 aromatic rings. The molecule has 0 spiro atoms. The van der Waals surface area contributed by atoms with Gasteiger partial charge in [-0.25, -0.2) is 0 Å². The molecule has 4 heteroatoms. The van der Waals surface area contributed by atoms with E-state index in [0.717, 1.165) is 13.1 Å². The molecule has 0 unspecified atom stereocenters. The van der Waals surface area contributed by atoms with Crippen LogP contribution in [0.2, 0.25) is 0 Å². The predicted molar refractivity (Wildman–Crippen MR) is 47.6 cm³/mol. The lowest BCUT2D eigenvalue weighted by atomic mass is 10.0. The van der Waals surface area contributed by atoms with Crippen LogP contribution in [0.3, 0.4) is 0 Å². The number of hydrogen-bond acceptors (Lipinski definition) is 3. The molecule has 1 aliphatic rings. The van der Waals surface area contributed by atoms with Crippen molar-refractivity contribution in [1.82, 2.24) is 10.6 Å². The third-order valence-corrected chi connectivity index (χ3v) is 1.87. The monoisotopic (exact) mass is 171 g/mol. The fourth-order valence-corrected chi connectivity index (χ4v) is 0.933. The van der Waals surface area contributed by atoms with Gasteiger partial charge in [0.1, 0.15) is 0 Å². The molecule has 4 N–H and O–H groups in total. The minimum Gasteiger partial charge on any atom is -0.354 e. The first-order chi connectivity index (χ1) is 5.49. The van der Waals surface area contributed by atoms with Gasteiger partial charge in [-0.15, -0.1) is 0 Å². The zero-order valence-corrected chi connectivity index (χ0v) is 7.68. The zero-order chi connectivity index (χ0) is 9.19. The number of amides is 1. The normalized spacial score (nSPS) is 18.6. The predicted octanol–water partition coefficient (Wildman–Crippen LogP) is -0.941. The SMILES string of the molecule is CC(C)(N)CNC(=O)C1CNC1. The number of hydrogen-bond donors (Lipinski definition) is 3. The van der Waals surface area contributed by atoms with Crippen LogP contribution in [0, 0.1) is 5.92 Å². The van der Waals surface area contributed by atoms with Gasteiger partial charge in [0.2, 0.25) is 5.91 Å². The molecule has 1 fully saturated rings. The Bertz CT molecular complexity index is 170. The largest absolute Gasteiger partial charge is 0.354 e. The molecular formula is C8H17N3O. The molecule has 0 bridgehead atoms. The second kappa shape index (κ2) is 3.41. The van der Waals surface area contributed by atoms with E-state index in [1.54, 1.807) is 0 Å². The van der Waals surface area contributed by atoms with Gasteiger partial charge in [-0.1, -0.05) is 0 Å². The van der Waals surface area contributed by atoms with Crippen LogP contribution >= 0.6 is 0 Å². The number of carbonyl (C=O) groups is 1. The molecule has 1 aliphatic heterocycles. The number of rotatable bonds is 3. The Balaban J connectivity index is 2.18. The summed E-state index contributed by atoms with van der Waals surface area (Å²) in [6.07, 6.45) is 0. The van der Waals surface area contributed by atoms with Crippen molar-refractivity contribution in [3.05, 3.63) is 0 Å². The third-order valence-electron chi connectivity index (χ3n) is 1.87. The summed E-state index contributed by atoms with van der Waals surface area (Å²) in [6.45, 7) is 5.94. The number of carbonyl (C=O) groups excluding carboxylic acids is 1. The van der Waals surface area contributed by atoms with E-state index in [4.69, 9.17) is 5.73 Å². The molecule has 1 rings (SSSR count). The molecule has 0 aromatic carbocycles. The average Bonchev–Trinajstić information content (AvgIpc) is 1.78. The molecule has 0 aromatic heterocycles. The first kappa shape index (κ1) is 9.48. The van der Waals surface area contributed by atoms with Crippen LogP contribution in [-0.2, 0) is 4.79 Å². The van der Waals surface area contributed by atoms with Crippen molar-refractivity contribution in [2.24, 2.45) is 11.7 Å². The smallest absolute Gasteiger partial charge is 0.225 e. The molecular weight excluding hydrogens is 154 g/mol. The lowest BCUT2D eigenvalue weighted by molar-refractivity contribution is -0.126. The first-order valence-corrected chi connectivity index (χ1v) is 4.26. The quantitative estimate of drug-likeness (QED) is 0.513. The van der Waals surface area contributed by atoms with Gasteiger partial charge in [0, 0.05) is 25.2 Å². The van der Waals surface area contributed by atoms with Crippen molar-refractivity contribution in [3.63, 3.8) is 0 Å². The highest BCUT2D eigenvalue weighted by Gasteiger charge is 2.25. The van der Waals surface area contributed by atoms with Crippen LogP contribution in [0.25, 0.3) is 0 Å². The van der Waals surface area contributed by atoms with Crippen molar-refractivity contribution in [2.45, 2.75) is 19.4 Å². The lowest BCUT2D eigenvalue weighted by Crippen LogP contribution is -2.54. The van der Waals surface area contributed by atoms with Crippen LogP contribution < -0.4 is 16.4 Å². The Morgan fingerprint density at radius 3 is 2.58 bits per heavy atom. The molecule has 1 heterocycles. The van der Waals surface area contributed by atoms with Gasteiger partial charge in [0.25, 0.3) is 0 Å². The maximum absolute atomic E-state index is 11.3. The van der Waals surface area contributed by atoms with Crippen LogP contribution in [0.1, 0.15) is 13.8 Å². The number of nitrogens with two attached hydrogens (primary N) is 1. The molecule has 70 valence electrons. The van der Waals surface area contributed by atoms with E-state index in [1.807, 2.05) is 13.8 Å². The summed E-state index contributed by atoms with van der Waals surface area (Å²) < 4.78 is 0. The van der Waals surface area contributed by atoms with Gasteiger partial charge in [-0.2, -0.15) is 0 Å². The third kappa shape index (κ3) is 2.79. The van der Waals surface area contributed by atoms with Crippen molar-refractivity contribution < 1.29 is 4.79 Å². The summed E-state index contributed by atoms with van der Waals surface area (Å²) in [5, 5.41) is 5.87. The Morgan fingerprint density at radius 2 is 2.25 bits per heavy atom. The summed E-state index contributed by atoms with van der Waals surface area (Å²) in [5.74, 6) is 0.277. The topological polar surface area (TPSA) is 67.1 Å². The Hall–Kier alpha value is -0.610. The molecule has 4 nitrogen and oxygen atoms in total. The maximum atomic E-state index is 11.3. The Labute approximate surface area is 72.9 Å². The Kier molecular flexibility index (Phi) is 2.69. The highest BCUT2D eigenvalue weighted by molar-refractivity contribution is 5.80. The van der Waals surface area contributed by atoms with Gasteiger partial charge in [0.05, 0.1) is 5.92 Å². The van der Waals surface area contributed by atoms with Crippen LogP contribution in [-0.4, -0.2) is 31.1 Å². The second-order valence-corrected chi connectivity index (χ2v) is 4.06. The van der Waals surface area contributed by atoms with Crippen molar-refractivity contribution in [3.8, 4) is 0 Å². The van der Waals surface area contributed by atoms with E-state index in [1.165, 1.54) is 0 Å². The second-order valence-electron chi connectivity index (χ2n) is 4.06. The summed E-state index contributed by atoms with van der Waals surface area (Å²) in [5.41, 5.74) is 5.40. The van der Waals surface area contributed by atoms with Crippen LogP contribution in [0.15, 0.2) is 0 Å². The summed E-state index contributed by atoms with van der Waals surface area (Å²) in [4.78, 5) is 11.3. The van der Waals surface area contributed by atoms with Gasteiger partial charge in [-0.05, 0) is 13.8 Å². The molecule has 0 atom stereocenters. The molecule has 12 heavy (non-hydrogen) atoms. The summed E-state index contributed by atoms with van der Waals surface area (Å²) in [7, 11) is 0. The minimum atomic E-state index is -0.313. The highest BCUT2D eigenvalue weighted by atomic mass is 16.2. The fourth-order valence-electron chi connectivity index (χ4n) is 0.933. The van der Waals surface area contributed by atoms with Gasteiger partial charge >= 0.3 is 0 Å². The molecule has 0 saturated carbocycles. The van der Waals surface area contributed by atoms with Gasteiger partial charge in [-0.3, -0.25) is 4.79 Å². The maximum Gasteiger partial charge on any atom is 0.225 e. The van der Waals surface area contributed by atoms with Crippen molar-refractivity contribution >= 4 is 5.91 Å². The van der Waals surface area contributed by atoms with Crippen molar-refractivity contribution in [1.29, 1.82) is 0 Å². The van der Waals surface area contributed by atoms with E-state index in [9.17, 15) is 4.79 Å². The first-order valence-electron chi connectivity index (χ1n) is 4.26. The van der Waals surface area contributed by atoms with Crippen LogP contribution in [0.4, 0.5) is 0 Å².